The van der Waals surface area contributed by atoms with Crippen LogP contribution in [-0.2, 0) is 0 Å². The van der Waals surface area contributed by atoms with E-state index in [1.165, 1.54) is 34.4 Å². The van der Waals surface area contributed by atoms with Crippen LogP contribution in [0.3, 0.4) is 0 Å². The van der Waals surface area contributed by atoms with E-state index in [4.69, 9.17) is 0 Å². The first-order valence-corrected chi connectivity index (χ1v) is 7.80. The zero-order valence-corrected chi connectivity index (χ0v) is 12.0. The zero-order chi connectivity index (χ0) is 11.4. The molecule has 2 rings (SSSR count). The van der Waals surface area contributed by atoms with Gasteiger partial charge in [-0.2, -0.15) is 11.8 Å². The van der Waals surface area contributed by atoms with E-state index in [-0.39, 0.29) is 0 Å². The molecule has 1 heterocycles. The molecule has 0 bridgehead atoms. The first-order chi connectivity index (χ1) is 7.77. The Hall–Kier alpha value is 0.01000. The van der Waals surface area contributed by atoms with Crippen molar-refractivity contribution < 1.29 is 0 Å². The lowest BCUT2D eigenvalue weighted by Gasteiger charge is -2.27. The zero-order valence-electron chi connectivity index (χ0n) is 9.58. The quantitative estimate of drug-likeness (QED) is 0.905. The van der Waals surface area contributed by atoms with E-state index in [0.29, 0.717) is 12.1 Å². The van der Waals surface area contributed by atoms with Gasteiger partial charge >= 0.3 is 0 Å². The lowest BCUT2D eigenvalue weighted by Crippen LogP contribution is -2.35. The molecule has 0 radical (unpaired) electrons. The van der Waals surface area contributed by atoms with Gasteiger partial charge in [0.2, 0.25) is 0 Å². The van der Waals surface area contributed by atoms with Gasteiger partial charge in [0.05, 0.1) is 0 Å². The summed E-state index contributed by atoms with van der Waals surface area (Å²) in [5.74, 6) is 2.59. The summed E-state index contributed by atoms with van der Waals surface area (Å²) in [6.45, 7) is 2.25. The summed E-state index contributed by atoms with van der Waals surface area (Å²) in [5, 5.41) is 3.73. The number of hydrogen-bond acceptors (Lipinski definition) is 2. The monoisotopic (exact) mass is 299 g/mol. The minimum atomic E-state index is 0.430. The summed E-state index contributed by atoms with van der Waals surface area (Å²) in [5.41, 5.74) is 1.36. The molecule has 88 valence electrons. The van der Waals surface area contributed by atoms with E-state index in [2.05, 4.69) is 64.2 Å². The Kier molecular flexibility index (Phi) is 4.74. The number of halogens is 1. The summed E-state index contributed by atoms with van der Waals surface area (Å²) in [6, 6.07) is 9.59. The van der Waals surface area contributed by atoms with Gasteiger partial charge in [-0.25, -0.2) is 0 Å². The van der Waals surface area contributed by atoms with E-state index in [0.717, 1.165) is 0 Å². The molecule has 1 aromatic rings. The largest absolute Gasteiger partial charge is 0.307 e. The van der Waals surface area contributed by atoms with Crippen molar-refractivity contribution in [1.82, 2.24) is 5.32 Å². The lowest BCUT2D eigenvalue weighted by atomic mass is 10.1. The van der Waals surface area contributed by atoms with Crippen LogP contribution in [0, 0.1) is 0 Å². The van der Waals surface area contributed by atoms with Crippen molar-refractivity contribution in [3.05, 3.63) is 34.3 Å². The van der Waals surface area contributed by atoms with Gasteiger partial charge in [0.1, 0.15) is 0 Å². The molecule has 1 aliphatic heterocycles. The van der Waals surface area contributed by atoms with Crippen LogP contribution in [0.1, 0.15) is 31.4 Å². The average Bonchev–Trinajstić information content (AvgIpc) is 2.31. The van der Waals surface area contributed by atoms with Crippen molar-refractivity contribution in [1.29, 1.82) is 0 Å². The number of benzene rings is 1. The molecular weight excluding hydrogens is 282 g/mol. The molecule has 16 heavy (non-hydrogen) atoms. The minimum absolute atomic E-state index is 0.430. The fraction of sp³-hybridized carbons (Fsp3) is 0.538. The SMILES string of the molecule is C[C@H](NC1CCCSC1)c1ccccc1Br. The molecule has 0 aliphatic carbocycles. The summed E-state index contributed by atoms with van der Waals surface area (Å²) >= 11 is 5.69. The number of rotatable bonds is 3. The first kappa shape index (κ1) is 12.5. The normalized spacial score (nSPS) is 23.0. The molecule has 0 spiro atoms. The Bertz CT molecular complexity index is 336. The molecule has 1 nitrogen and oxygen atoms in total. The second kappa shape index (κ2) is 6.08. The highest BCUT2D eigenvalue weighted by Crippen LogP contribution is 2.25. The van der Waals surface area contributed by atoms with Gasteiger partial charge < -0.3 is 5.32 Å². The van der Waals surface area contributed by atoms with Crippen LogP contribution in [0.5, 0.6) is 0 Å². The Balaban J connectivity index is 1.96. The first-order valence-electron chi connectivity index (χ1n) is 5.85. The van der Waals surface area contributed by atoms with Crippen LogP contribution in [0.15, 0.2) is 28.7 Å². The van der Waals surface area contributed by atoms with Crippen molar-refractivity contribution >= 4 is 27.7 Å². The molecule has 0 aromatic heterocycles. The van der Waals surface area contributed by atoms with Crippen molar-refractivity contribution in [2.75, 3.05) is 11.5 Å². The Labute approximate surface area is 111 Å². The molecular formula is C13H18BrNS. The maximum Gasteiger partial charge on any atom is 0.0305 e. The standard InChI is InChI=1S/C13H18BrNS/c1-10(12-6-2-3-7-13(12)14)15-11-5-4-8-16-9-11/h2-3,6-7,10-11,15H,4-5,8-9H2,1H3/t10-,11?/m0/s1. The van der Waals surface area contributed by atoms with Crippen LogP contribution in [0.25, 0.3) is 0 Å². The van der Waals surface area contributed by atoms with Gasteiger partial charge in [-0.1, -0.05) is 34.1 Å². The minimum Gasteiger partial charge on any atom is -0.307 e. The summed E-state index contributed by atoms with van der Waals surface area (Å²) in [7, 11) is 0. The molecule has 1 fully saturated rings. The van der Waals surface area contributed by atoms with Crippen molar-refractivity contribution in [2.45, 2.75) is 31.8 Å². The maximum atomic E-state index is 3.73. The van der Waals surface area contributed by atoms with Crippen LogP contribution in [0.2, 0.25) is 0 Å². The number of thioether (sulfide) groups is 1. The molecule has 1 unspecified atom stereocenters. The van der Waals surface area contributed by atoms with Gasteiger partial charge in [-0.3, -0.25) is 0 Å². The van der Waals surface area contributed by atoms with Crippen LogP contribution in [0.4, 0.5) is 0 Å². The van der Waals surface area contributed by atoms with E-state index < -0.39 is 0 Å². The maximum absolute atomic E-state index is 3.73. The molecule has 1 saturated heterocycles. The third-order valence-electron chi connectivity index (χ3n) is 3.02. The molecule has 0 amide bonds. The molecule has 2 atom stereocenters. The highest BCUT2D eigenvalue weighted by atomic mass is 79.9. The summed E-state index contributed by atoms with van der Waals surface area (Å²) in [4.78, 5) is 0. The van der Waals surface area contributed by atoms with Crippen LogP contribution < -0.4 is 5.32 Å². The molecule has 1 aliphatic rings. The van der Waals surface area contributed by atoms with Crippen LogP contribution in [-0.4, -0.2) is 17.5 Å². The topological polar surface area (TPSA) is 12.0 Å². The molecule has 0 saturated carbocycles. The smallest absolute Gasteiger partial charge is 0.0305 e. The predicted molar refractivity (Wildman–Crippen MR) is 76.0 cm³/mol. The van der Waals surface area contributed by atoms with E-state index in [1.54, 1.807) is 0 Å². The Morgan fingerprint density at radius 2 is 2.25 bits per heavy atom. The number of nitrogens with one attached hydrogen (secondary N) is 1. The van der Waals surface area contributed by atoms with Gasteiger partial charge in [-0.15, -0.1) is 0 Å². The van der Waals surface area contributed by atoms with E-state index in [1.807, 2.05) is 0 Å². The molecule has 3 heteroatoms. The fourth-order valence-electron chi connectivity index (χ4n) is 2.14. The third kappa shape index (κ3) is 3.25. The molecule has 1 aromatic carbocycles. The second-order valence-electron chi connectivity index (χ2n) is 4.32. The van der Waals surface area contributed by atoms with Gasteiger partial charge in [0.25, 0.3) is 0 Å². The van der Waals surface area contributed by atoms with E-state index in [9.17, 15) is 0 Å². The highest BCUT2D eigenvalue weighted by molar-refractivity contribution is 9.10. The molecule has 1 N–H and O–H groups in total. The van der Waals surface area contributed by atoms with Crippen LogP contribution >= 0.6 is 27.7 Å². The predicted octanol–water partition coefficient (Wildman–Crippen LogP) is 4.00. The average molecular weight is 300 g/mol. The van der Waals surface area contributed by atoms with Gasteiger partial charge in [-0.05, 0) is 37.1 Å². The Morgan fingerprint density at radius 3 is 2.94 bits per heavy atom. The fourth-order valence-corrected chi connectivity index (χ4v) is 3.85. The Morgan fingerprint density at radius 1 is 1.44 bits per heavy atom. The summed E-state index contributed by atoms with van der Waals surface area (Å²) < 4.78 is 1.21. The summed E-state index contributed by atoms with van der Waals surface area (Å²) in [6.07, 6.45) is 2.67. The third-order valence-corrected chi connectivity index (χ3v) is 4.96. The number of hydrogen-bond donors (Lipinski definition) is 1. The highest BCUT2D eigenvalue weighted by Gasteiger charge is 2.17. The van der Waals surface area contributed by atoms with Crippen molar-refractivity contribution in [3.63, 3.8) is 0 Å². The van der Waals surface area contributed by atoms with Crippen molar-refractivity contribution in [2.24, 2.45) is 0 Å². The van der Waals surface area contributed by atoms with Gasteiger partial charge in [0.15, 0.2) is 0 Å². The second-order valence-corrected chi connectivity index (χ2v) is 6.33. The van der Waals surface area contributed by atoms with E-state index >= 15 is 0 Å². The van der Waals surface area contributed by atoms with Gasteiger partial charge in [0, 0.05) is 22.3 Å². The lowest BCUT2D eigenvalue weighted by molar-refractivity contribution is 0.452. The van der Waals surface area contributed by atoms with Crippen molar-refractivity contribution in [3.8, 4) is 0 Å².